The minimum atomic E-state index is -0.0651. The number of aromatic nitrogens is 2. The van der Waals surface area contributed by atoms with Gasteiger partial charge in [-0.25, -0.2) is 9.97 Å². The van der Waals surface area contributed by atoms with E-state index in [2.05, 4.69) is 15.0 Å². The zero-order valence-corrected chi connectivity index (χ0v) is 9.99. The molecule has 1 aromatic carbocycles. The summed E-state index contributed by atoms with van der Waals surface area (Å²) in [5, 5.41) is 26.8. The van der Waals surface area contributed by atoms with Crippen molar-refractivity contribution in [1.82, 2.24) is 9.97 Å². The number of nitriles is 3. The Kier molecular flexibility index (Phi) is 2.46. The molecule has 2 aromatic rings. The molecule has 0 spiro atoms. The maximum atomic E-state index is 9.01. The van der Waals surface area contributed by atoms with Crippen molar-refractivity contribution >= 4 is 5.71 Å². The molecule has 6 heteroatoms. The zero-order valence-electron chi connectivity index (χ0n) is 9.99. The van der Waals surface area contributed by atoms with Gasteiger partial charge in [-0.3, -0.25) is 0 Å². The van der Waals surface area contributed by atoms with E-state index >= 15 is 0 Å². The normalized spacial score (nSPS) is 12.9. The third-order valence-corrected chi connectivity index (χ3v) is 2.93. The molecule has 6 nitrogen and oxygen atoms in total. The van der Waals surface area contributed by atoms with Crippen LogP contribution in [0.2, 0.25) is 0 Å². The molecule has 1 aromatic heterocycles. The number of nitrogens with zero attached hydrogens (tertiary/aromatic N) is 6. The highest BCUT2D eigenvalue weighted by molar-refractivity contribution is 6.23. The Balaban J connectivity index is 2.41. The van der Waals surface area contributed by atoms with Crippen LogP contribution >= 0.6 is 0 Å². The largest absolute Gasteiger partial charge is 0.232 e. The SMILES string of the molecule is N#C/N=C1\c2ccccc2-c2nc(C#N)c(C#N)nc21. The first-order valence-corrected chi connectivity index (χ1v) is 5.59. The zero-order chi connectivity index (χ0) is 14.1. The molecule has 0 aliphatic heterocycles. The van der Waals surface area contributed by atoms with Crippen molar-refractivity contribution in [3.8, 4) is 29.6 Å². The minimum Gasteiger partial charge on any atom is -0.232 e. The number of benzene rings is 1. The van der Waals surface area contributed by atoms with Crippen molar-refractivity contribution in [2.24, 2.45) is 4.99 Å². The van der Waals surface area contributed by atoms with Gasteiger partial charge in [-0.1, -0.05) is 24.3 Å². The van der Waals surface area contributed by atoms with Gasteiger partial charge in [0.2, 0.25) is 6.19 Å². The topological polar surface area (TPSA) is 110 Å². The smallest absolute Gasteiger partial charge is 0.206 e. The van der Waals surface area contributed by atoms with Crippen LogP contribution in [0, 0.1) is 34.1 Å². The van der Waals surface area contributed by atoms with Gasteiger partial charge >= 0.3 is 0 Å². The lowest BCUT2D eigenvalue weighted by molar-refractivity contribution is 1.13. The Labute approximate surface area is 113 Å². The summed E-state index contributed by atoms with van der Waals surface area (Å²) in [7, 11) is 0. The van der Waals surface area contributed by atoms with Crippen LogP contribution in [0.4, 0.5) is 0 Å². The summed E-state index contributed by atoms with van der Waals surface area (Å²) in [6.45, 7) is 0. The molecule has 0 radical (unpaired) electrons. The monoisotopic (exact) mass is 256 g/mol. The summed E-state index contributed by atoms with van der Waals surface area (Å²) >= 11 is 0. The maximum absolute atomic E-state index is 9.01. The van der Waals surface area contributed by atoms with Crippen LogP contribution in [0.1, 0.15) is 22.6 Å². The van der Waals surface area contributed by atoms with Crippen molar-refractivity contribution in [3.05, 3.63) is 46.9 Å². The molecule has 1 aliphatic carbocycles. The molecule has 1 heterocycles. The summed E-state index contributed by atoms with van der Waals surface area (Å²) in [6, 6.07) is 10.9. The molecule has 0 amide bonds. The quantitative estimate of drug-likeness (QED) is 0.566. The highest BCUT2D eigenvalue weighted by Gasteiger charge is 2.29. The third kappa shape index (κ3) is 1.45. The van der Waals surface area contributed by atoms with Crippen LogP contribution in [0.5, 0.6) is 0 Å². The van der Waals surface area contributed by atoms with Gasteiger partial charge in [-0.2, -0.15) is 20.8 Å². The lowest BCUT2D eigenvalue weighted by Crippen LogP contribution is -2.05. The standard InChI is InChI=1S/C14H4N6/c15-5-10-11(6-16)20-14-12(18-7-17)8-3-1-2-4-9(8)13(14)19-10/h1-4H/b18-12+. The summed E-state index contributed by atoms with van der Waals surface area (Å²) < 4.78 is 0. The fourth-order valence-corrected chi connectivity index (χ4v) is 2.13. The van der Waals surface area contributed by atoms with E-state index < -0.39 is 0 Å². The van der Waals surface area contributed by atoms with Crippen LogP contribution in [-0.2, 0) is 0 Å². The molecule has 3 rings (SSSR count). The summed E-state index contributed by atoms with van der Waals surface area (Å²) in [5.74, 6) is 0. The Hall–Kier alpha value is -3.56. The lowest BCUT2D eigenvalue weighted by atomic mass is 10.1. The maximum Gasteiger partial charge on any atom is 0.206 e. The molecule has 90 valence electrons. The lowest BCUT2D eigenvalue weighted by Gasteiger charge is -2.00. The minimum absolute atomic E-state index is 0.0285. The van der Waals surface area contributed by atoms with E-state index in [1.54, 1.807) is 12.3 Å². The average Bonchev–Trinajstić information content (AvgIpc) is 2.80. The van der Waals surface area contributed by atoms with Gasteiger partial charge in [0, 0.05) is 11.1 Å². The molecular formula is C14H4N6. The second-order valence-electron chi connectivity index (χ2n) is 3.95. The van der Waals surface area contributed by atoms with Gasteiger partial charge < -0.3 is 0 Å². The Morgan fingerprint density at radius 3 is 2.05 bits per heavy atom. The first kappa shape index (κ1) is 11.5. The van der Waals surface area contributed by atoms with Crippen LogP contribution in [0.25, 0.3) is 11.3 Å². The average molecular weight is 256 g/mol. The fourth-order valence-electron chi connectivity index (χ4n) is 2.13. The molecule has 0 atom stereocenters. The van der Waals surface area contributed by atoms with E-state index in [1.165, 1.54) is 0 Å². The van der Waals surface area contributed by atoms with E-state index in [-0.39, 0.29) is 11.4 Å². The van der Waals surface area contributed by atoms with Gasteiger partial charge in [0.05, 0.1) is 0 Å². The van der Waals surface area contributed by atoms with Crippen LogP contribution in [0.3, 0.4) is 0 Å². The van der Waals surface area contributed by atoms with Gasteiger partial charge in [0.15, 0.2) is 11.4 Å². The first-order valence-electron chi connectivity index (χ1n) is 5.59. The first-order chi connectivity index (χ1) is 9.80. The van der Waals surface area contributed by atoms with Gasteiger partial charge in [0.25, 0.3) is 0 Å². The predicted molar refractivity (Wildman–Crippen MR) is 68.2 cm³/mol. The van der Waals surface area contributed by atoms with Gasteiger partial charge in [-0.05, 0) is 0 Å². The van der Waals surface area contributed by atoms with Crippen molar-refractivity contribution in [3.63, 3.8) is 0 Å². The number of rotatable bonds is 0. The van der Waals surface area contributed by atoms with Crippen LogP contribution in [0.15, 0.2) is 29.3 Å². The molecule has 0 unspecified atom stereocenters. The van der Waals surface area contributed by atoms with Crippen molar-refractivity contribution < 1.29 is 0 Å². The van der Waals surface area contributed by atoms with Crippen molar-refractivity contribution in [1.29, 1.82) is 15.8 Å². The number of hydrogen-bond donors (Lipinski definition) is 0. The van der Waals surface area contributed by atoms with E-state index in [9.17, 15) is 0 Å². The highest BCUT2D eigenvalue weighted by atomic mass is 14.9. The van der Waals surface area contributed by atoms with E-state index in [1.807, 2.05) is 30.3 Å². The molecule has 0 saturated carbocycles. The van der Waals surface area contributed by atoms with Crippen molar-refractivity contribution in [2.45, 2.75) is 0 Å². The molecular weight excluding hydrogens is 252 g/mol. The second-order valence-corrected chi connectivity index (χ2v) is 3.95. The van der Waals surface area contributed by atoms with Gasteiger partial charge in [-0.15, -0.1) is 0 Å². The Morgan fingerprint density at radius 2 is 1.45 bits per heavy atom. The summed E-state index contributed by atoms with van der Waals surface area (Å²) in [6.07, 6.45) is 1.73. The molecule has 0 bridgehead atoms. The molecule has 0 N–H and O–H groups in total. The van der Waals surface area contributed by atoms with Gasteiger partial charge in [0.1, 0.15) is 29.2 Å². The predicted octanol–water partition coefficient (Wildman–Crippen LogP) is 1.52. The molecule has 1 aliphatic rings. The van der Waals surface area contributed by atoms with E-state index in [0.717, 1.165) is 11.1 Å². The molecule has 0 saturated heterocycles. The molecule has 20 heavy (non-hydrogen) atoms. The van der Waals surface area contributed by atoms with E-state index in [4.69, 9.17) is 15.8 Å². The van der Waals surface area contributed by atoms with Crippen LogP contribution in [-0.4, -0.2) is 15.7 Å². The number of fused-ring (bicyclic) bond motifs is 3. The number of hydrogen-bond acceptors (Lipinski definition) is 6. The third-order valence-electron chi connectivity index (χ3n) is 2.93. The van der Waals surface area contributed by atoms with Crippen LogP contribution < -0.4 is 0 Å². The summed E-state index contributed by atoms with van der Waals surface area (Å²) in [5.41, 5.74) is 2.61. The summed E-state index contributed by atoms with van der Waals surface area (Å²) in [4.78, 5) is 12.1. The fraction of sp³-hybridized carbons (Fsp3) is 0. The van der Waals surface area contributed by atoms with E-state index in [0.29, 0.717) is 17.1 Å². The van der Waals surface area contributed by atoms with Crippen molar-refractivity contribution in [2.75, 3.05) is 0 Å². The second kappa shape index (κ2) is 4.28. The Bertz CT molecular complexity index is 889. The highest BCUT2D eigenvalue weighted by Crippen LogP contribution is 2.34. The molecule has 0 fully saturated rings. The Morgan fingerprint density at radius 1 is 0.850 bits per heavy atom. The number of aliphatic imine (C=N–C) groups is 1.